The predicted octanol–water partition coefficient (Wildman–Crippen LogP) is 0.984. The van der Waals surface area contributed by atoms with Crippen molar-refractivity contribution in [3.8, 4) is 0 Å². The highest BCUT2D eigenvalue weighted by atomic mass is 16.3. The third kappa shape index (κ3) is 2.68. The van der Waals surface area contributed by atoms with E-state index < -0.39 is 12.2 Å². The maximum absolute atomic E-state index is 11.0. The Balaban J connectivity index is 2.38. The van der Waals surface area contributed by atoms with Gasteiger partial charge in [0.25, 0.3) is 0 Å². The summed E-state index contributed by atoms with van der Waals surface area (Å²) in [5, 5.41) is 23.8. The van der Waals surface area contributed by atoms with Crippen LogP contribution < -0.4 is 5.32 Å². The van der Waals surface area contributed by atoms with E-state index in [1.807, 2.05) is 6.07 Å². The second kappa shape index (κ2) is 5.97. The average molecular weight is 262 g/mol. The van der Waals surface area contributed by atoms with Crippen LogP contribution in [0.4, 0.5) is 0 Å². The van der Waals surface area contributed by atoms with E-state index in [1.54, 1.807) is 25.4 Å². The summed E-state index contributed by atoms with van der Waals surface area (Å²) < 4.78 is 0. The van der Waals surface area contributed by atoms with Gasteiger partial charge in [0, 0.05) is 22.7 Å². The molecule has 0 radical (unpaired) electrons. The van der Waals surface area contributed by atoms with Crippen LogP contribution in [0.25, 0.3) is 10.9 Å². The number of fused-ring (bicyclic) bond motifs is 1. The van der Waals surface area contributed by atoms with Crippen LogP contribution in [0.2, 0.25) is 0 Å². The number of benzene rings is 1. The number of hydrogen-bond acceptors (Lipinski definition) is 4. The first-order valence-electron chi connectivity index (χ1n) is 6.25. The summed E-state index contributed by atoms with van der Waals surface area (Å²) in [7, 11) is 1.79. The van der Waals surface area contributed by atoms with Gasteiger partial charge in [-0.15, -0.1) is 0 Å². The zero-order valence-electron chi connectivity index (χ0n) is 10.8. The number of aliphatic hydroxyl groups is 2. The summed E-state index contributed by atoms with van der Waals surface area (Å²) in [5.41, 5.74) is 1.84. The third-order valence-electron chi connectivity index (χ3n) is 3.27. The second-order valence-electron chi connectivity index (χ2n) is 4.54. The van der Waals surface area contributed by atoms with E-state index >= 15 is 0 Å². The molecular formula is C14H18N2O3. The standard InChI is InChI=1S/C14H18N2O3/c1-15-6-5-12(18)14(19)10-3-2-4-11-13(10)9(8-17)7-16-11/h2-4,7-8,12,14-16,18-19H,5-6H2,1H3. The van der Waals surface area contributed by atoms with Crippen LogP contribution in [0, 0.1) is 0 Å². The molecule has 102 valence electrons. The van der Waals surface area contributed by atoms with Crippen molar-refractivity contribution in [1.29, 1.82) is 0 Å². The molecule has 2 atom stereocenters. The molecule has 0 spiro atoms. The zero-order valence-corrected chi connectivity index (χ0v) is 10.8. The lowest BCUT2D eigenvalue weighted by molar-refractivity contribution is 0.0149. The monoisotopic (exact) mass is 262 g/mol. The fraction of sp³-hybridized carbons (Fsp3) is 0.357. The molecule has 2 aromatic rings. The Morgan fingerprint density at radius 1 is 1.42 bits per heavy atom. The second-order valence-corrected chi connectivity index (χ2v) is 4.54. The number of aldehydes is 1. The Labute approximate surface area is 111 Å². The Kier molecular flexibility index (Phi) is 4.31. The molecule has 5 heteroatoms. The van der Waals surface area contributed by atoms with Crippen molar-refractivity contribution in [2.45, 2.75) is 18.6 Å². The van der Waals surface area contributed by atoms with E-state index in [4.69, 9.17) is 0 Å². The molecule has 19 heavy (non-hydrogen) atoms. The Morgan fingerprint density at radius 2 is 2.21 bits per heavy atom. The fourth-order valence-corrected chi connectivity index (χ4v) is 2.24. The molecule has 2 rings (SSSR count). The Bertz CT molecular complexity index is 565. The molecule has 0 fully saturated rings. The van der Waals surface area contributed by atoms with Crippen molar-refractivity contribution in [3.05, 3.63) is 35.5 Å². The number of hydrogen-bond donors (Lipinski definition) is 4. The first kappa shape index (κ1) is 13.7. The minimum absolute atomic E-state index is 0.439. The molecule has 0 amide bonds. The van der Waals surface area contributed by atoms with Crippen LogP contribution in [-0.4, -0.2) is 41.2 Å². The Morgan fingerprint density at radius 3 is 2.89 bits per heavy atom. The van der Waals surface area contributed by atoms with Crippen LogP contribution in [0.3, 0.4) is 0 Å². The largest absolute Gasteiger partial charge is 0.390 e. The molecule has 0 aliphatic carbocycles. The SMILES string of the molecule is CNCCC(O)C(O)c1cccc2[nH]cc(C=O)c12. The molecule has 2 unspecified atom stereocenters. The minimum atomic E-state index is -1.01. The number of aromatic amines is 1. The summed E-state index contributed by atoms with van der Waals surface area (Å²) >= 11 is 0. The van der Waals surface area contributed by atoms with E-state index in [1.165, 1.54) is 0 Å². The highest BCUT2D eigenvalue weighted by Gasteiger charge is 2.21. The van der Waals surface area contributed by atoms with Crippen molar-refractivity contribution < 1.29 is 15.0 Å². The van der Waals surface area contributed by atoms with Gasteiger partial charge in [0.2, 0.25) is 0 Å². The van der Waals surface area contributed by atoms with Gasteiger partial charge in [-0.05, 0) is 31.6 Å². The van der Waals surface area contributed by atoms with Crippen LogP contribution in [0.5, 0.6) is 0 Å². The summed E-state index contributed by atoms with van der Waals surface area (Å²) in [6, 6.07) is 5.35. The van der Waals surface area contributed by atoms with Crippen molar-refractivity contribution in [3.63, 3.8) is 0 Å². The third-order valence-corrected chi connectivity index (χ3v) is 3.27. The van der Waals surface area contributed by atoms with Gasteiger partial charge >= 0.3 is 0 Å². The average Bonchev–Trinajstić information content (AvgIpc) is 2.86. The molecule has 0 aliphatic heterocycles. The first-order valence-corrected chi connectivity index (χ1v) is 6.25. The number of H-pyrrole nitrogens is 1. The van der Waals surface area contributed by atoms with Crippen molar-refractivity contribution in [1.82, 2.24) is 10.3 Å². The molecule has 1 aromatic heterocycles. The predicted molar refractivity (Wildman–Crippen MR) is 73.2 cm³/mol. The maximum Gasteiger partial charge on any atom is 0.152 e. The number of carbonyl (C=O) groups is 1. The van der Waals surface area contributed by atoms with Gasteiger partial charge in [0.1, 0.15) is 6.10 Å². The van der Waals surface area contributed by atoms with Crippen LogP contribution in [0.15, 0.2) is 24.4 Å². The molecule has 0 bridgehead atoms. The normalized spacial score (nSPS) is 14.5. The number of rotatable bonds is 6. The number of aromatic nitrogens is 1. The lowest BCUT2D eigenvalue weighted by Gasteiger charge is -2.19. The van der Waals surface area contributed by atoms with E-state index in [0.717, 1.165) is 11.8 Å². The number of aliphatic hydroxyl groups excluding tert-OH is 2. The van der Waals surface area contributed by atoms with E-state index in [2.05, 4.69) is 10.3 Å². The van der Waals surface area contributed by atoms with Crippen molar-refractivity contribution >= 4 is 17.2 Å². The van der Waals surface area contributed by atoms with Gasteiger partial charge in [-0.1, -0.05) is 12.1 Å². The molecule has 1 heterocycles. The van der Waals surface area contributed by atoms with E-state index in [-0.39, 0.29) is 0 Å². The van der Waals surface area contributed by atoms with Crippen molar-refractivity contribution in [2.24, 2.45) is 0 Å². The molecule has 5 nitrogen and oxygen atoms in total. The highest BCUT2D eigenvalue weighted by Crippen LogP contribution is 2.29. The van der Waals surface area contributed by atoms with Gasteiger partial charge in [-0.2, -0.15) is 0 Å². The van der Waals surface area contributed by atoms with E-state index in [9.17, 15) is 15.0 Å². The van der Waals surface area contributed by atoms with E-state index in [0.29, 0.717) is 29.5 Å². The summed E-state index contributed by atoms with van der Waals surface area (Å²) in [6.07, 6.45) is 0.914. The molecule has 1 aromatic carbocycles. The van der Waals surface area contributed by atoms with Gasteiger partial charge in [-0.25, -0.2) is 0 Å². The van der Waals surface area contributed by atoms with Gasteiger partial charge in [0.05, 0.1) is 6.10 Å². The van der Waals surface area contributed by atoms with Crippen LogP contribution in [0.1, 0.15) is 28.4 Å². The quantitative estimate of drug-likeness (QED) is 0.585. The molecule has 4 N–H and O–H groups in total. The smallest absolute Gasteiger partial charge is 0.152 e. The van der Waals surface area contributed by atoms with Gasteiger partial charge in [-0.3, -0.25) is 4.79 Å². The van der Waals surface area contributed by atoms with Gasteiger partial charge in [0.15, 0.2) is 6.29 Å². The minimum Gasteiger partial charge on any atom is -0.390 e. The summed E-state index contributed by atoms with van der Waals surface area (Å²) in [6.45, 7) is 0.613. The number of nitrogens with one attached hydrogen (secondary N) is 2. The number of carbonyl (C=O) groups excluding carboxylic acids is 1. The zero-order chi connectivity index (χ0) is 13.8. The molecule has 0 saturated carbocycles. The highest BCUT2D eigenvalue weighted by molar-refractivity contribution is 5.99. The first-order chi connectivity index (χ1) is 9.19. The fourth-order valence-electron chi connectivity index (χ4n) is 2.24. The summed E-state index contributed by atoms with van der Waals surface area (Å²) in [5.74, 6) is 0. The topological polar surface area (TPSA) is 85.3 Å². The van der Waals surface area contributed by atoms with Gasteiger partial charge < -0.3 is 20.5 Å². The molecular weight excluding hydrogens is 244 g/mol. The summed E-state index contributed by atoms with van der Waals surface area (Å²) in [4.78, 5) is 14.0. The lowest BCUT2D eigenvalue weighted by atomic mass is 9.97. The lowest BCUT2D eigenvalue weighted by Crippen LogP contribution is -2.23. The van der Waals surface area contributed by atoms with Crippen LogP contribution in [-0.2, 0) is 0 Å². The van der Waals surface area contributed by atoms with Crippen LogP contribution >= 0.6 is 0 Å². The molecule has 0 saturated heterocycles. The molecule has 0 aliphatic rings. The Hall–Kier alpha value is -1.69. The maximum atomic E-state index is 11.0. The van der Waals surface area contributed by atoms with Crippen molar-refractivity contribution in [2.75, 3.05) is 13.6 Å².